The lowest BCUT2D eigenvalue weighted by Crippen LogP contribution is -2.01. The summed E-state index contributed by atoms with van der Waals surface area (Å²) in [5, 5.41) is 13.1. The van der Waals surface area contributed by atoms with Crippen molar-refractivity contribution >= 4 is 37.5 Å². The number of hydrogen-bond acceptors (Lipinski definition) is 2. The molecule has 0 bridgehead atoms. The normalized spacial score (nSPS) is 10.4. The first-order chi connectivity index (χ1) is 8.56. The summed E-state index contributed by atoms with van der Waals surface area (Å²) in [6.45, 7) is 2.64. The van der Waals surface area contributed by atoms with Crippen molar-refractivity contribution in [3.05, 3.63) is 56.5 Å². The smallest absolute Gasteiger partial charge is 0.120 e. The number of phenols is 1. The molecule has 0 aliphatic rings. The lowest BCUT2D eigenvalue weighted by atomic mass is 10.1. The number of rotatable bonds is 3. The molecule has 18 heavy (non-hydrogen) atoms. The van der Waals surface area contributed by atoms with Gasteiger partial charge in [0.25, 0.3) is 0 Å². The average Bonchev–Trinajstić information content (AvgIpc) is 2.34. The first-order valence-electron chi connectivity index (χ1n) is 5.53. The summed E-state index contributed by atoms with van der Waals surface area (Å²) < 4.78 is 2.00. The van der Waals surface area contributed by atoms with E-state index < -0.39 is 0 Å². The topological polar surface area (TPSA) is 32.3 Å². The third kappa shape index (κ3) is 3.27. The fourth-order valence-corrected chi connectivity index (χ4v) is 2.44. The Kier molecular flexibility index (Phi) is 4.30. The Hall–Kier alpha value is -1.00. The molecule has 0 heterocycles. The van der Waals surface area contributed by atoms with Gasteiger partial charge in [0, 0.05) is 26.7 Å². The quantitative estimate of drug-likeness (QED) is 0.810. The third-order valence-electron chi connectivity index (χ3n) is 2.71. The zero-order valence-corrected chi connectivity index (χ0v) is 13.0. The van der Waals surface area contributed by atoms with Gasteiger partial charge in [-0.2, -0.15) is 0 Å². The van der Waals surface area contributed by atoms with Gasteiger partial charge < -0.3 is 10.4 Å². The molecular formula is C14H13Br2NO. The third-order valence-corrected chi connectivity index (χ3v) is 3.70. The molecule has 0 aromatic heterocycles. The first-order valence-corrected chi connectivity index (χ1v) is 7.12. The highest BCUT2D eigenvalue weighted by Crippen LogP contribution is 2.25. The van der Waals surface area contributed by atoms with E-state index in [1.807, 2.05) is 30.3 Å². The minimum atomic E-state index is 0.304. The Morgan fingerprint density at radius 1 is 1.06 bits per heavy atom. The van der Waals surface area contributed by atoms with Crippen molar-refractivity contribution in [3.8, 4) is 5.75 Å². The Labute approximate surface area is 123 Å². The van der Waals surface area contributed by atoms with Gasteiger partial charge in [-0.3, -0.25) is 0 Å². The molecule has 0 radical (unpaired) electrons. The van der Waals surface area contributed by atoms with Crippen LogP contribution in [0.5, 0.6) is 5.75 Å². The standard InChI is InChI=1S/C14H13Br2NO/c1-9-2-3-12(16)7-13(9)17-8-10-6-11(15)4-5-14(10)18/h2-7,17-18H,8H2,1H3. The van der Waals surface area contributed by atoms with Gasteiger partial charge in [-0.25, -0.2) is 0 Å². The number of phenolic OH excluding ortho intramolecular Hbond substituents is 1. The number of halogens is 2. The summed E-state index contributed by atoms with van der Waals surface area (Å²) in [4.78, 5) is 0. The Bertz CT molecular complexity index is 518. The maximum atomic E-state index is 9.77. The van der Waals surface area contributed by atoms with Crippen LogP contribution in [-0.4, -0.2) is 5.11 Å². The van der Waals surface area contributed by atoms with Gasteiger partial charge in [0.05, 0.1) is 0 Å². The molecule has 0 unspecified atom stereocenters. The Morgan fingerprint density at radius 3 is 2.50 bits per heavy atom. The van der Waals surface area contributed by atoms with E-state index in [2.05, 4.69) is 44.1 Å². The van der Waals surface area contributed by atoms with E-state index >= 15 is 0 Å². The number of aryl methyl sites for hydroxylation is 1. The zero-order chi connectivity index (χ0) is 13.1. The minimum absolute atomic E-state index is 0.304. The Morgan fingerprint density at radius 2 is 1.72 bits per heavy atom. The molecule has 4 heteroatoms. The van der Waals surface area contributed by atoms with Crippen molar-refractivity contribution in [1.29, 1.82) is 0 Å². The summed E-state index contributed by atoms with van der Waals surface area (Å²) in [5.41, 5.74) is 3.10. The Balaban J connectivity index is 2.16. The van der Waals surface area contributed by atoms with Gasteiger partial charge >= 0.3 is 0 Å². The van der Waals surface area contributed by atoms with Crippen LogP contribution in [0.15, 0.2) is 45.3 Å². The predicted molar refractivity (Wildman–Crippen MR) is 82.0 cm³/mol. The molecule has 2 aromatic rings. The number of aromatic hydroxyl groups is 1. The van der Waals surface area contributed by atoms with E-state index in [0.717, 1.165) is 20.2 Å². The van der Waals surface area contributed by atoms with Crippen molar-refractivity contribution in [2.75, 3.05) is 5.32 Å². The summed E-state index contributed by atoms with van der Waals surface area (Å²) in [7, 11) is 0. The van der Waals surface area contributed by atoms with Crippen LogP contribution in [0.4, 0.5) is 5.69 Å². The number of hydrogen-bond donors (Lipinski definition) is 2. The van der Waals surface area contributed by atoms with Crippen LogP contribution in [0, 0.1) is 6.92 Å². The molecule has 0 saturated heterocycles. The fraction of sp³-hybridized carbons (Fsp3) is 0.143. The molecular weight excluding hydrogens is 358 g/mol. The van der Waals surface area contributed by atoms with Crippen molar-refractivity contribution in [1.82, 2.24) is 0 Å². The van der Waals surface area contributed by atoms with Crippen molar-refractivity contribution in [3.63, 3.8) is 0 Å². The predicted octanol–water partition coefficient (Wildman–Crippen LogP) is 4.84. The van der Waals surface area contributed by atoms with E-state index in [1.165, 1.54) is 5.56 Å². The SMILES string of the molecule is Cc1ccc(Br)cc1NCc1cc(Br)ccc1O. The largest absolute Gasteiger partial charge is 0.508 e. The average molecular weight is 371 g/mol. The molecule has 2 rings (SSSR count). The highest BCUT2D eigenvalue weighted by Gasteiger charge is 2.03. The molecule has 2 nitrogen and oxygen atoms in total. The second-order valence-electron chi connectivity index (χ2n) is 4.09. The van der Waals surface area contributed by atoms with Gasteiger partial charge in [-0.05, 0) is 42.8 Å². The highest BCUT2D eigenvalue weighted by molar-refractivity contribution is 9.10. The van der Waals surface area contributed by atoms with E-state index in [0.29, 0.717) is 12.3 Å². The van der Waals surface area contributed by atoms with E-state index in [4.69, 9.17) is 0 Å². The van der Waals surface area contributed by atoms with Crippen LogP contribution in [0.3, 0.4) is 0 Å². The van der Waals surface area contributed by atoms with Crippen molar-refractivity contribution in [2.45, 2.75) is 13.5 Å². The molecule has 94 valence electrons. The van der Waals surface area contributed by atoms with Crippen LogP contribution in [-0.2, 0) is 6.54 Å². The molecule has 0 fully saturated rings. The van der Waals surface area contributed by atoms with Gasteiger partial charge in [-0.15, -0.1) is 0 Å². The highest BCUT2D eigenvalue weighted by atomic mass is 79.9. The van der Waals surface area contributed by atoms with Crippen molar-refractivity contribution < 1.29 is 5.11 Å². The number of anilines is 1. The van der Waals surface area contributed by atoms with Crippen LogP contribution in [0.25, 0.3) is 0 Å². The van der Waals surface area contributed by atoms with Crippen LogP contribution in [0.2, 0.25) is 0 Å². The van der Waals surface area contributed by atoms with Crippen LogP contribution < -0.4 is 5.32 Å². The fourth-order valence-electron chi connectivity index (χ4n) is 1.67. The molecule has 0 aliphatic carbocycles. The summed E-state index contributed by atoms with van der Waals surface area (Å²) in [6.07, 6.45) is 0. The van der Waals surface area contributed by atoms with Crippen LogP contribution >= 0.6 is 31.9 Å². The van der Waals surface area contributed by atoms with E-state index in [1.54, 1.807) is 6.07 Å². The lowest BCUT2D eigenvalue weighted by molar-refractivity contribution is 0.469. The molecule has 0 spiro atoms. The molecule has 0 saturated carbocycles. The maximum Gasteiger partial charge on any atom is 0.120 e. The van der Waals surface area contributed by atoms with Gasteiger partial charge in [0.1, 0.15) is 5.75 Å². The molecule has 2 aromatic carbocycles. The van der Waals surface area contributed by atoms with Gasteiger partial charge in [-0.1, -0.05) is 37.9 Å². The van der Waals surface area contributed by atoms with E-state index in [9.17, 15) is 5.11 Å². The lowest BCUT2D eigenvalue weighted by Gasteiger charge is -2.11. The second-order valence-corrected chi connectivity index (χ2v) is 5.92. The summed E-state index contributed by atoms with van der Waals surface area (Å²) in [6, 6.07) is 11.5. The molecule has 2 N–H and O–H groups in total. The minimum Gasteiger partial charge on any atom is -0.508 e. The molecule has 0 aliphatic heterocycles. The van der Waals surface area contributed by atoms with Gasteiger partial charge in [0.2, 0.25) is 0 Å². The maximum absolute atomic E-state index is 9.77. The summed E-state index contributed by atoms with van der Waals surface area (Å²) in [5.74, 6) is 0.304. The number of benzene rings is 2. The van der Waals surface area contributed by atoms with Crippen molar-refractivity contribution in [2.24, 2.45) is 0 Å². The molecule has 0 atom stereocenters. The van der Waals surface area contributed by atoms with Gasteiger partial charge in [0.15, 0.2) is 0 Å². The van der Waals surface area contributed by atoms with Crippen LogP contribution in [0.1, 0.15) is 11.1 Å². The second kappa shape index (κ2) is 5.76. The number of nitrogens with one attached hydrogen (secondary N) is 1. The monoisotopic (exact) mass is 369 g/mol. The first kappa shape index (κ1) is 13.4. The zero-order valence-electron chi connectivity index (χ0n) is 9.87. The molecule has 0 amide bonds. The summed E-state index contributed by atoms with van der Waals surface area (Å²) >= 11 is 6.85. The van der Waals surface area contributed by atoms with E-state index in [-0.39, 0.29) is 0 Å².